The van der Waals surface area contributed by atoms with Gasteiger partial charge in [0.05, 0.1) is 11.4 Å². The maximum Gasteiger partial charge on any atom is 0.100 e. The van der Waals surface area contributed by atoms with Crippen LogP contribution in [0.25, 0.3) is 0 Å². The number of nitrogens with zero attached hydrogens (tertiary/aromatic N) is 2. The van der Waals surface area contributed by atoms with E-state index < -0.39 is 0 Å². The summed E-state index contributed by atoms with van der Waals surface area (Å²) in [6.45, 7) is 3.89. The summed E-state index contributed by atoms with van der Waals surface area (Å²) in [5, 5.41) is 1.39. The smallest absolute Gasteiger partial charge is 0.100 e. The molecule has 0 spiro atoms. The molecule has 2 aromatic rings. The maximum atomic E-state index is 5.88. The maximum absolute atomic E-state index is 5.88. The lowest BCUT2D eigenvalue weighted by atomic mass is 10.2. The standard InChI is InChI=1S/C15H12Cl2N2/c1-10-7-12(16)3-5-14(10)18-9-19-15-6-4-13(17)8-11(15)2/h3-8H,1-2H3. The van der Waals surface area contributed by atoms with E-state index in [1.165, 1.54) is 0 Å². The van der Waals surface area contributed by atoms with Crippen LogP contribution in [0.3, 0.4) is 0 Å². The van der Waals surface area contributed by atoms with E-state index in [1.54, 1.807) is 12.1 Å². The highest BCUT2D eigenvalue weighted by Gasteiger charge is 1.97. The van der Waals surface area contributed by atoms with Gasteiger partial charge in [-0.05, 0) is 61.4 Å². The van der Waals surface area contributed by atoms with Gasteiger partial charge in [-0.2, -0.15) is 9.98 Å². The molecule has 2 nitrogen and oxygen atoms in total. The fourth-order valence-corrected chi connectivity index (χ4v) is 2.07. The Morgan fingerprint density at radius 1 is 0.789 bits per heavy atom. The van der Waals surface area contributed by atoms with Crippen LogP contribution in [0, 0.1) is 13.8 Å². The largest absolute Gasteiger partial charge is 0.187 e. The molecule has 0 aliphatic carbocycles. The van der Waals surface area contributed by atoms with Crippen LogP contribution in [-0.4, -0.2) is 6.01 Å². The first-order chi connectivity index (χ1) is 9.06. The van der Waals surface area contributed by atoms with E-state index in [2.05, 4.69) is 16.0 Å². The van der Waals surface area contributed by atoms with Gasteiger partial charge in [-0.25, -0.2) is 0 Å². The molecule has 0 saturated heterocycles. The first-order valence-corrected chi connectivity index (χ1v) is 6.50. The van der Waals surface area contributed by atoms with Crippen molar-refractivity contribution in [1.29, 1.82) is 0 Å². The van der Waals surface area contributed by atoms with Crippen molar-refractivity contribution in [2.24, 2.45) is 9.98 Å². The minimum Gasteiger partial charge on any atom is -0.187 e. The molecule has 2 aromatic carbocycles. The Hall–Kier alpha value is -1.60. The summed E-state index contributed by atoms with van der Waals surface area (Å²) in [6.07, 6.45) is 0. The first-order valence-electron chi connectivity index (χ1n) is 5.75. The highest BCUT2D eigenvalue weighted by molar-refractivity contribution is 6.31. The van der Waals surface area contributed by atoms with Crippen LogP contribution >= 0.6 is 23.2 Å². The minimum atomic E-state index is 0.696. The summed E-state index contributed by atoms with van der Waals surface area (Å²) in [5.74, 6) is 0. The Labute approximate surface area is 122 Å². The number of benzene rings is 2. The van der Waals surface area contributed by atoms with E-state index in [0.717, 1.165) is 22.5 Å². The topological polar surface area (TPSA) is 24.7 Å². The molecule has 0 amide bonds. The van der Waals surface area contributed by atoms with E-state index in [4.69, 9.17) is 23.2 Å². The monoisotopic (exact) mass is 290 g/mol. The van der Waals surface area contributed by atoms with Crippen molar-refractivity contribution in [3.63, 3.8) is 0 Å². The van der Waals surface area contributed by atoms with Gasteiger partial charge >= 0.3 is 0 Å². The molecule has 2 rings (SSSR count). The summed E-state index contributed by atoms with van der Waals surface area (Å²) in [6, 6.07) is 13.7. The third kappa shape index (κ3) is 3.68. The lowest BCUT2D eigenvalue weighted by Crippen LogP contribution is -1.75. The summed E-state index contributed by atoms with van der Waals surface area (Å²) >= 11 is 11.8. The fourth-order valence-electron chi connectivity index (χ4n) is 1.62. The molecular weight excluding hydrogens is 279 g/mol. The predicted octanol–water partition coefficient (Wildman–Crippen LogP) is 5.75. The Balaban J connectivity index is 2.29. The zero-order chi connectivity index (χ0) is 13.8. The number of rotatable bonds is 2. The normalized spacial score (nSPS) is 9.89. The van der Waals surface area contributed by atoms with Crippen LogP contribution in [0.15, 0.2) is 46.4 Å². The lowest BCUT2D eigenvalue weighted by Gasteiger charge is -1.98. The second kappa shape index (κ2) is 6.03. The molecule has 0 bridgehead atoms. The van der Waals surface area contributed by atoms with Crippen LogP contribution in [0.4, 0.5) is 11.4 Å². The van der Waals surface area contributed by atoms with Crippen molar-refractivity contribution >= 4 is 40.6 Å². The molecule has 0 aliphatic heterocycles. The zero-order valence-corrected chi connectivity index (χ0v) is 12.1. The average molecular weight is 291 g/mol. The number of aliphatic imine (C=N–C) groups is 2. The van der Waals surface area contributed by atoms with Crippen LogP contribution < -0.4 is 0 Å². The molecule has 0 saturated carbocycles. The molecule has 96 valence electrons. The molecule has 0 fully saturated rings. The third-order valence-corrected chi connectivity index (χ3v) is 3.13. The molecular formula is C15H12Cl2N2. The van der Waals surface area contributed by atoms with Crippen molar-refractivity contribution in [3.8, 4) is 0 Å². The van der Waals surface area contributed by atoms with Crippen molar-refractivity contribution in [3.05, 3.63) is 57.6 Å². The molecule has 0 radical (unpaired) electrons. The minimum absolute atomic E-state index is 0.696. The molecule has 0 aromatic heterocycles. The Morgan fingerprint density at radius 2 is 1.21 bits per heavy atom. The number of hydrogen-bond donors (Lipinski definition) is 0. The van der Waals surface area contributed by atoms with Gasteiger partial charge in [-0.3, -0.25) is 0 Å². The first kappa shape index (κ1) is 13.8. The molecule has 0 unspecified atom stereocenters. The van der Waals surface area contributed by atoms with Crippen LogP contribution in [-0.2, 0) is 0 Å². The summed E-state index contributed by atoms with van der Waals surface area (Å²) in [7, 11) is 0. The third-order valence-electron chi connectivity index (χ3n) is 2.66. The van der Waals surface area contributed by atoms with Crippen molar-refractivity contribution in [1.82, 2.24) is 0 Å². The van der Waals surface area contributed by atoms with E-state index in [9.17, 15) is 0 Å². The van der Waals surface area contributed by atoms with Crippen LogP contribution in [0.2, 0.25) is 10.0 Å². The summed E-state index contributed by atoms with van der Waals surface area (Å²) in [4.78, 5) is 8.39. The van der Waals surface area contributed by atoms with Gasteiger partial charge in [-0.15, -0.1) is 0 Å². The molecule has 4 heteroatoms. The highest BCUT2D eigenvalue weighted by atomic mass is 35.5. The van der Waals surface area contributed by atoms with E-state index in [1.807, 2.05) is 38.1 Å². The van der Waals surface area contributed by atoms with Gasteiger partial charge in [0.15, 0.2) is 0 Å². The molecule has 19 heavy (non-hydrogen) atoms. The van der Waals surface area contributed by atoms with E-state index in [-0.39, 0.29) is 0 Å². The Bertz CT molecular complexity index is 616. The van der Waals surface area contributed by atoms with Crippen LogP contribution in [0.5, 0.6) is 0 Å². The van der Waals surface area contributed by atoms with Gasteiger partial charge in [0.25, 0.3) is 0 Å². The van der Waals surface area contributed by atoms with E-state index in [0.29, 0.717) is 10.0 Å². The van der Waals surface area contributed by atoms with Gasteiger partial charge in [-0.1, -0.05) is 23.2 Å². The van der Waals surface area contributed by atoms with Gasteiger partial charge in [0.1, 0.15) is 6.01 Å². The van der Waals surface area contributed by atoms with Crippen molar-refractivity contribution in [2.75, 3.05) is 0 Å². The van der Waals surface area contributed by atoms with Crippen molar-refractivity contribution < 1.29 is 0 Å². The molecule has 0 heterocycles. The molecule has 0 N–H and O–H groups in total. The highest BCUT2D eigenvalue weighted by Crippen LogP contribution is 2.23. The Morgan fingerprint density at radius 3 is 1.58 bits per heavy atom. The van der Waals surface area contributed by atoms with Crippen LogP contribution in [0.1, 0.15) is 11.1 Å². The second-order valence-electron chi connectivity index (χ2n) is 4.19. The fraction of sp³-hybridized carbons (Fsp3) is 0.133. The van der Waals surface area contributed by atoms with Gasteiger partial charge < -0.3 is 0 Å². The number of hydrogen-bond acceptors (Lipinski definition) is 2. The predicted molar refractivity (Wildman–Crippen MR) is 81.6 cm³/mol. The summed E-state index contributed by atoms with van der Waals surface area (Å²) < 4.78 is 0. The second-order valence-corrected chi connectivity index (χ2v) is 5.06. The van der Waals surface area contributed by atoms with Crippen molar-refractivity contribution in [2.45, 2.75) is 13.8 Å². The zero-order valence-electron chi connectivity index (χ0n) is 10.6. The quantitative estimate of drug-likeness (QED) is 0.630. The van der Waals surface area contributed by atoms with Gasteiger partial charge in [0.2, 0.25) is 0 Å². The lowest BCUT2D eigenvalue weighted by molar-refractivity contribution is 1.38. The Kier molecular flexibility index (Phi) is 4.39. The average Bonchev–Trinajstić information content (AvgIpc) is 2.34. The number of aryl methyl sites for hydroxylation is 2. The molecule has 0 atom stereocenters. The number of halogens is 2. The SMILES string of the molecule is Cc1cc(Cl)ccc1N=C=Nc1ccc(Cl)cc1C. The summed E-state index contributed by atoms with van der Waals surface area (Å²) in [5.41, 5.74) is 3.59. The van der Waals surface area contributed by atoms with E-state index >= 15 is 0 Å². The molecule has 0 aliphatic rings. The van der Waals surface area contributed by atoms with Gasteiger partial charge in [0, 0.05) is 10.0 Å².